The Balaban J connectivity index is 3.26. The summed E-state index contributed by atoms with van der Waals surface area (Å²) >= 11 is 4.23. The maximum absolute atomic E-state index is 5.87. The van der Waals surface area contributed by atoms with Gasteiger partial charge in [-0.3, -0.25) is 0 Å². The molecule has 5 heteroatoms. The Kier molecular flexibility index (Phi) is 17.2. The van der Waals surface area contributed by atoms with E-state index in [2.05, 4.69) is 19.6 Å². The molecule has 0 aliphatic carbocycles. The van der Waals surface area contributed by atoms with Crippen LogP contribution in [-0.4, -0.2) is 35.2 Å². The summed E-state index contributed by atoms with van der Waals surface area (Å²) in [7, 11) is 1.22. The van der Waals surface area contributed by atoms with Gasteiger partial charge < -0.3 is 13.9 Å². The van der Waals surface area contributed by atoms with Crippen molar-refractivity contribution in [3.05, 3.63) is 0 Å². The van der Waals surface area contributed by atoms with Gasteiger partial charge in [0.1, 0.15) is 6.29 Å². The van der Waals surface area contributed by atoms with E-state index in [0.717, 1.165) is 12.2 Å². The summed E-state index contributed by atoms with van der Waals surface area (Å²) in [5.41, 5.74) is 0. The number of thiol groups is 1. The summed E-state index contributed by atoms with van der Waals surface area (Å²) in [5, 5.41) is 0. The molecule has 2 atom stereocenters. The van der Waals surface area contributed by atoms with Crippen LogP contribution in [0, 0.1) is 0 Å². The van der Waals surface area contributed by atoms with Gasteiger partial charge in [0.15, 0.2) is 16.1 Å². The summed E-state index contributed by atoms with van der Waals surface area (Å²) in [6.07, 6.45) is 11.5. The molecule has 0 fully saturated rings. The van der Waals surface area contributed by atoms with Crippen LogP contribution in [0.25, 0.3) is 0 Å². The molecule has 0 aromatic carbocycles. The van der Waals surface area contributed by atoms with Gasteiger partial charge in [0.25, 0.3) is 0 Å². The third kappa shape index (κ3) is 15.1. The van der Waals surface area contributed by atoms with Crippen LogP contribution in [0.4, 0.5) is 0 Å². The average Bonchev–Trinajstić information content (AvgIpc) is 2.51. The molecule has 0 rings (SSSR count). The van der Waals surface area contributed by atoms with E-state index in [1.54, 1.807) is 7.11 Å². The fourth-order valence-electron chi connectivity index (χ4n) is 2.19. The zero-order chi connectivity index (χ0) is 15.8. The highest BCUT2D eigenvalue weighted by Gasteiger charge is 2.10. The zero-order valence-electron chi connectivity index (χ0n) is 14.3. The second-order valence-corrected chi connectivity index (χ2v) is 7.45. The molecule has 0 N–H and O–H groups in total. The topological polar surface area (TPSA) is 27.7 Å². The Bertz CT molecular complexity index is 208. The lowest BCUT2D eigenvalue weighted by Crippen LogP contribution is -2.24. The molecule has 0 amide bonds. The lowest BCUT2D eigenvalue weighted by atomic mass is 10.1. The van der Waals surface area contributed by atoms with Gasteiger partial charge in [-0.25, -0.2) is 0 Å². The Morgan fingerprint density at radius 2 is 1.52 bits per heavy atom. The number of ether oxygens (including phenoxy) is 2. The summed E-state index contributed by atoms with van der Waals surface area (Å²) in [6, 6.07) is 1.26. The van der Waals surface area contributed by atoms with Crippen molar-refractivity contribution in [2.45, 2.75) is 90.3 Å². The molecule has 0 aromatic heterocycles. The quantitative estimate of drug-likeness (QED) is 0.197. The monoisotopic (exact) mass is 336 g/mol. The first-order valence-corrected chi connectivity index (χ1v) is 10.9. The van der Waals surface area contributed by atoms with Gasteiger partial charge in [0.05, 0.1) is 0 Å². The third-order valence-electron chi connectivity index (χ3n) is 3.61. The van der Waals surface area contributed by atoms with Crippen LogP contribution < -0.4 is 0 Å². The molecule has 0 radical (unpaired) electrons. The van der Waals surface area contributed by atoms with Crippen LogP contribution in [-0.2, 0) is 13.9 Å². The van der Waals surface area contributed by atoms with Crippen molar-refractivity contribution in [2.75, 3.05) is 12.9 Å². The lowest BCUT2D eigenvalue weighted by Gasteiger charge is -2.20. The van der Waals surface area contributed by atoms with Gasteiger partial charge in [0.2, 0.25) is 0 Å². The minimum atomic E-state index is -0.438. The minimum absolute atomic E-state index is 0.0709. The smallest absolute Gasteiger partial charge is 0.165 e. The van der Waals surface area contributed by atoms with Crippen LogP contribution in [0.15, 0.2) is 0 Å². The fourth-order valence-corrected chi connectivity index (χ4v) is 3.71. The van der Waals surface area contributed by atoms with Gasteiger partial charge in [-0.2, -0.15) is 12.6 Å². The van der Waals surface area contributed by atoms with Crippen molar-refractivity contribution in [3.63, 3.8) is 0 Å². The molecule has 0 bridgehead atoms. The van der Waals surface area contributed by atoms with E-state index in [0.29, 0.717) is 0 Å². The normalized spacial score (nSPS) is 14.9. The molecule has 0 aromatic rings. The van der Waals surface area contributed by atoms with Crippen LogP contribution in [0.2, 0.25) is 6.04 Å². The first-order chi connectivity index (χ1) is 10.2. The molecule has 0 saturated heterocycles. The summed E-state index contributed by atoms with van der Waals surface area (Å²) in [5.74, 6) is 1.04. The van der Waals surface area contributed by atoms with Crippen molar-refractivity contribution in [1.82, 2.24) is 0 Å². The lowest BCUT2D eigenvalue weighted by molar-refractivity contribution is -0.201. The summed E-state index contributed by atoms with van der Waals surface area (Å²) in [6.45, 7) is 4.00. The molecule has 2 unspecified atom stereocenters. The first-order valence-electron chi connectivity index (χ1n) is 8.65. The Morgan fingerprint density at radius 1 is 0.952 bits per heavy atom. The van der Waals surface area contributed by atoms with Gasteiger partial charge in [-0.15, -0.1) is 0 Å². The van der Waals surface area contributed by atoms with E-state index < -0.39 is 9.76 Å². The Morgan fingerprint density at radius 3 is 2.05 bits per heavy atom. The van der Waals surface area contributed by atoms with Crippen molar-refractivity contribution in [2.24, 2.45) is 0 Å². The molecule has 3 nitrogen and oxygen atoms in total. The van der Waals surface area contributed by atoms with Gasteiger partial charge in [0, 0.05) is 7.11 Å². The third-order valence-corrected chi connectivity index (χ3v) is 5.33. The van der Waals surface area contributed by atoms with Crippen LogP contribution >= 0.6 is 12.6 Å². The highest BCUT2D eigenvalue weighted by molar-refractivity contribution is 7.80. The van der Waals surface area contributed by atoms with Crippen molar-refractivity contribution >= 4 is 22.4 Å². The van der Waals surface area contributed by atoms with Crippen molar-refractivity contribution in [3.8, 4) is 0 Å². The van der Waals surface area contributed by atoms with Gasteiger partial charge >= 0.3 is 0 Å². The molecular formula is C16H36O3SSi. The van der Waals surface area contributed by atoms with E-state index in [-0.39, 0.29) is 12.6 Å². The Labute approximate surface area is 139 Å². The van der Waals surface area contributed by atoms with E-state index in [1.807, 2.05) is 6.92 Å². The highest BCUT2D eigenvalue weighted by Crippen LogP contribution is 2.11. The van der Waals surface area contributed by atoms with Crippen molar-refractivity contribution < 1.29 is 13.9 Å². The number of rotatable bonds is 16. The van der Waals surface area contributed by atoms with Gasteiger partial charge in [-0.05, 0) is 31.6 Å². The van der Waals surface area contributed by atoms with E-state index in [9.17, 15) is 0 Å². The van der Waals surface area contributed by atoms with Crippen LogP contribution in [0.3, 0.4) is 0 Å². The van der Waals surface area contributed by atoms with Crippen LogP contribution in [0.5, 0.6) is 0 Å². The van der Waals surface area contributed by atoms with Crippen molar-refractivity contribution in [1.29, 1.82) is 0 Å². The predicted molar refractivity (Wildman–Crippen MR) is 96.9 cm³/mol. The molecule has 0 saturated carbocycles. The Hall–Kier alpha value is 0.447. The fraction of sp³-hybridized carbons (Fsp3) is 1.00. The zero-order valence-corrected chi connectivity index (χ0v) is 16.6. The largest absolute Gasteiger partial charge is 0.400 e. The first kappa shape index (κ1) is 21.4. The minimum Gasteiger partial charge on any atom is -0.400 e. The molecule has 0 aliphatic heterocycles. The number of hydrogen-bond donors (Lipinski definition) is 1. The second kappa shape index (κ2) is 16.8. The molecule has 128 valence electrons. The van der Waals surface area contributed by atoms with E-state index in [1.165, 1.54) is 57.4 Å². The number of unbranched alkanes of at least 4 members (excludes halogenated alkanes) is 7. The standard InChI is InChI=1S/C16H36O3SSi/c1-4-16(18-15(2)17-3)19-21-14-12-10-8-6-5-7-9-11-13-20/h15-16,20H,4-14,21H2,1-3H3. The molecular weight excluding hydrogens is 300 g/mol. The maximum Gasteiger partial charge on any atom is 0.165 e. The highest BCUT2D eigenvalue weighted by atomic mass is 32.1. The average molecular weight is 337 g/mol. The molecule has 0 heterocycles. The van der Waals surface area contributed by atoms with E-state index >= 15 is 0 Å². The van der Waals surface area contributed by atoms with Crippen LogP contribution in [0.1, 0.15) is 71.6 Å². The molecule has 21 heavy (non-hydrogen) atoms. The predicted octanol–water partition coefficient (Wildman–Crippen LogP) is 4.30. The molecule has 0 spiro atoms. The molecule has 0 aliphatic rings. The number of methoxy groups -OCH3 is 1. The summed E-state index contributed by atoms with van der Waals surface area (Å²) in [4.78, 5) is 0. The maximum atomic E-state index is 5.87. The van der Waals surface area contributed by atoms with E-state index in [4.69, 9.17) is 13.9 Å². The second-order valence-electron chi connectivity index (χ2n) is 5.55. The van der Waals surface area contributed by atoms with Gasteiger partial charge in [-0.1, -0.05) is 51.9 Å². The summed E-state index contributed by atoms with van der Waals surface area (Å²) < 4.78 is 16.6. The SMILES string of the molecule is CCC(O[SiH2]CCCCCCCCCCS)OC(C)OC. The number of hydrogen-bond acceptors (Lipinski definition) is 4.